The van der Waals surface area contributed by atoms with Crippen LogP contribution in [0.4, 0.5) is 0 Å². The van der Waals surface area contributed by atoms with Crippen LogP contribution < -0.4 is 5.32 Å². The summed E-state index contributed by atoms with van der Waals surface area (Å²) in [6.07, 6.45) is 2.54. The first-order valence-electron chi connectivity index (χ1n) is 10.7. The molecule has 1 aromatic carbocycles. The molecule has 3 heterocycles. The fraction of sp³-hybridized carbons (Fsp3) is 0.545. The summed E-state index contributed by atoms with van der Waals surface area (Å²) >= 11 is 0. The zero-order chi connectivity index (χ0) is 20.1. The van der Waals surface area contributed by atoms with Crippen LogP contribution in [0.3, 0.4) is 0 Å². The first-order valence-corrected chi connectivity index (χ1v) is 10.7. The van der Waals surface area contributed by atoms with Crippen molar-refractivity contribution in [3.05, 3.63) is 53.7 Å². The molecule has 2 saturated heterocycles. The minimum atomic E-state index is -0.0207. The Morgan fingerprint density at radius 2 is 1.83 bits per heavy atom. The molecule has 156 valence electrons. The molecule has 0 radical (unpaired) electrons. The number of aromatic nitrogens is 1. The van der Waals surface area contributed by atoms with Crippen LogP contribution in [0.5, 0.6) is 0 Å². The topological polar surface area (TPSA) is 64.9 Å². The van der Waals surface area contributed by atoms with Crippen molar-refractivity contribution in [1.29, 1.82) is 0 Å². The lowest BCUT2D eigenvalue weighted by atomic mass is 10.1. The molecule has 2 aromatic rings. The van der Waals surface area contributed by atoms with Gasteiger partial charge < -0.3 is 14.6 Å². The van der Waals surface area contributed by atoms with Gasteiger partial charge in [0.15, 0.2) is 5.69 Å². The third-order valence-corrected chi connectivity index (χ3v) is 5.88. The molecule has 0 unspecified atom stereocenters. The van der Waals surface area contributed by atoms with Crippen LogP contribution in [-0.4, -0.2) is 77.4 Å². The van der Waals surface area contributed by atoms with E-state index in [1.54, 1.807) is 0 Å². The number of nitrogens with zero attached hydrogens (tertiary/aromatic N) is 4. The van der Waals surface area contributed by atoms with E-state index < -0.39 is 0 Å². The van der Waals surface area contributed by atoms with Crippen LogP contribution in [0, 0.1) is 0 Å². The molecule has 1 aromatic heterocycles. The number of amides is 1. The van der Waals surface area contributed by atoms with Crippen LogP contribution in [0.25, 0.3) is 0 Å². The zero-order valence-electron chi connectivity index (χ0n) is 17.2. The number of benzene rings is 1. The maximum atomic E-state index is 12.7. The molecule has 2 fully saturated rings. The van der Waals surface area contributed by atoms with Crippen molar-refractivity contribution in [2.24, 2.45) is 0 Å². The van der Waals surface area contributed by atoms with Gasteiger partial charge in [-0.05, 0) is 12.0 Å². The van der Waals surface area contributed by atoms with E-state index >= 15 is 0 Å². The third kappa shape index (κ3) is 5.23. The summed E-state index contributed by atoms with van der Waals surface area (Å²) < 4.78 is 5.63. The van der Waals surface area contributed by atoms with Crippen molar-refractivity contribution in [3.8, 4) is 0 Å². The second kappa shape index (κ2) is 9.52. The highest BCUT2D eigenvalue weighted by molar-refractivity contribution is 5.92. The van der Waals surface area contributed by atoms with Crippen molar-refractivity contribution in [1.82, 2.24) is 25.0 Å². The van der Waals surface area contributed by atoms with E-state index in [0.29, 0.717) is 24.2 Å². The lowest BCUT2D eigenvalue weighted by Gasteiger charge is -2.34. The van der Waals surface area contributed by atoms with Crippen molar-refractivity contribution >= 4 is 5.91 Å². The Morgan fingerprint density at radius 3 is 2.55 bits per heavy atom. The molecular weight excluding hydrogens is 366 g/mol. The summed E-state index contributed by atoms with van der Waals surface area (Å²) in [5.74, 6) is 0.611. The van der Waals surface area contributed by atoms with Gasteiger partial charge in [0.25, 0.3) is 5.91 Å². The first kappa shape index (κ1) is 20.1. The molecule has 0 aliphatic carbocycles. The fourth-order valence-electron chi connectivity index (χ4n) is 4.07. The lowest BCUT2D eigenvalue weighted by Crippen LogP contribution is -2.52. The molecule has 1 atom stereocenters. The number of oxazole rings is 1. The highest BCUT2D eigenvalue weighted by Crippen LogP contribution is 2.13. The van der Waals surface area contributed by atoms with Gasteiger partial charge >= 0.3 is 0 Å². The summed E-state index contributed by atoms with van der Waals surface area (Å²) in [7, 11) is 0. The second-order valence-electron chi connectivity index (χ2n) is 7.97. The van der Waals surface area contributed by atoms with Gasteiger partial charge in [-0.15, -0.1) is 0 Å². The minimum absolute atomic E-state index is 0.0207. The Balaban J connectivity index is 1.26. The predicted octanol–water partition coefficient (Wildman–Crippen LogP) is 1.82. The molecule has 1 N–H and O–H groups in total. The van der Waals surface area contributed by atoms with Gasteiger partial charge in [0.05, 0.1) is 6.54 Å². The molecule has 0 saturated carbocycles. The van der Waals surface area contributed by atoms with Crippen molar-refractivity contribution < 1.29 is 9.21 Å². The number of nitrogens with one attached hydrogen (secondary N) is 1. The first-order chi connectivity index (χ1) is 14.2. The van der Waals surface area contributed by atoms with Crippen LogP contribution in [0.1, 0.15) is 35.3 Å². The van der Waals surface area contributed by atoms with Gasteiger partial charge in [0, 0.05) is 58.4 Å². The standard InChI is InChI=1S/C22H31N5O2/c1-2-19-15-27(9-8-23-19)22(28)20-17-29-21(24-20)16-26-12-10-25(11-13-26)14-18-6-4-3-5-7-18/h3-7,17,19,23H,2,8-16H2,1H3/t19-/m0/s1. The molecule has 0 bridgehead atoms. The van der Waals surface area contributed by atoms with E-state index in [2.05, 4.69) is 57.4 Å². The van der Waals surface area contributed by atoms with E-state index in [1.165, 1.54) is 11.8 Å². The summed E-state index contributed by atoms with van der Waals surface area (Å²) in [6, 6.07) is 11.0. The van der Waals surface area contributed by atoms with Gasteiger partial charge in [0.2, 0.25) is 5.89 Å². The molecule has 4 rings (SSSR count). The molecule has 2 aliphatic heterocycles. The Labute approximate surface area is 172 Å². The normalized spacial score (nSPS) is 21.4. The molecule has 1 amide bonds. The largest absolute Gasteiger partial charge is 0.447 e. The highest BCUT2D eigenvalue weighted by atomic mass is 16.3. The van der Waals surface area contributed by atoms with Crippen molar-refractivity contribution in [2.75, 3.05) is 45.8 Å². The Morgan fingerprint density at radius 1 is 1.10 bits per heavy atom. The molecule has 7 nitrogen and oxygen atoms in total. The van der Waals surface area contributed by atoms with Crippen LogP contribution >= 0.6 is 0 Å². The average Bonchev–Trinajstić information content (AvgIpc) is 3.24. The highest BCUT2D eigenvalue weighted by Gasteiger charge is 2.26. The molecule has 2 aliphatic rings. The number of carbonyl (C=O) groups is 1. The summed E-state index contributed by atoms with van der Waals surface area (Å²) in [6.45, 7) is 10.1. The van der Waals surface area contributed by atoms with E-state index in [4.69, 9.17) is 4.42 Å². The lowest BCUT2D eigenvalue weighted by molar-refractivity contribution is 0.0695. The predicted molar refractivity (Wildman–Crippen MR) is 111 cm³/mol. The molecule has 0 spiro atoms. The second-order valence-corrected chi connectivity index (χ2v) is 7.97. The maximum Gasteiger partial charge on any atom is 0.275 e. The number of carbonyl (C=O) groups excluding carboxylic acids is 1. The van der Waals surface area contributed by atoms with Crippen LogP contribution in [0.2, 0.25) is 0 Å². The number of rotatable bonds is 6. The van der Waals surface area contributed by atoms with Gasteiger partial charge in [0.1, 0.15) is 6.26 Å². The maximum absolute atomic E-state index is 12.7. The summed E-state index contributed by atoms with van der Waals surface area (Å²) in [4.78, 5) is 23.9. The van der Waals surface area contributed by atoms with Crippen LogP contribution in [-0.2, 0) is 13.1 Å². The van der Waals surface area contributed by atoms with Gasteiger partial charge in [-0.25, -0.2) is 4.98 Å². The van der Waals surface area contributed by atoms with E-state index in [0.717, 1.165) is 58.8 Å². The fourth-order valence-corrected chi connectivity index (χ4v) is 4.07. The Kier molecular flexibility index (Phi) is 6.59. The number of hydrogen-bond donors (Lipinski definition) is 1. The Hall–Kier alpha value is -2.22. The molecule has 7 heteroatoms. The van der Waals surface area contributed by atoms with Gasteiger partial charge in [-0.3, -0.25) is 14.6 Å². The smallest absolute Gasteiger partial charge is 0.275 e. The van der Waals surface area contributed by atoms with Gasteiger partial charge in [-0.2, -0.15) is 0 Å². The summed E-state index contributed by atoms with van der Waals surface area (Å²) in [5.41, 5.74) is 1.79. The van der Waals surface area contributed by atoms with E-state index in [9.17, 15) is 4.79 Å². The van der Waals surface area contributed by atoms with Gasteiger partial charge in [-0.1, -0.05) is 37.3 Å². The average molecular weight is 398 g/mol. The SMILES string of the molecule is CC[C@H]1CN(C(=O)c2coc(CN3CCN(Cc4ccccc4)CC3)n2)CCN1. The quantitative estimate of drug-likeness (QED) is 0.802. The summed E-state index contributed by atoms with van der Waals surface area (Å²) in [5, 5.41) is 3.43. The van der Waals surface area contributed by atoms with E-state index in [1.807, 2.05) is 4.90 Å². The minimum Gasteiger partial charge on any atom is -0.447 e. The van der Waals surface area contributed by atoms with Crippen LogP contribution in [0.15, 0.2) is 41.0 Å². The van der Waals surface area contributed by atoms with Crippen molar-refractivity contribution in [2.45, 2.75) is 32.5 Å². The Bertz CT molecular complexity index is 786. The van der Waals surface area contributed by atoms with E-state index in [-0.39, 0.29) is 5.91 Å². The number of piperazine rings is 2. The number of hydrogen-bond acceptors (Lipinski definition) is 6. The zero-order valence-corrected chi connectivity index (χ0v) is 17.2. The monoisotopic (exact) mass is 397 g/mol. The molecule has 29 heavy (non-hydrogen) atoms. The third-order valence-electron chi connectivity index (χ3n) is 5.88. The van der Waals surface area contributed by atoms with Crippen molar-refractivity contribution in [3.63, 3.8) is 0 Å². The molecular formula is C22H31N5O2.